The number of anilines is 3. The quantitative estimate of drug-likeness (QED) is 0.390. The average Bonchev–Trinajstić information content (AvgIpc) is 3.54. The Kier molecular flexibility index (Phi) is 7.39. The van der Waals surface area contributed by atoms with Crippen molar-refractivity contribution in [2.24, 2.45) is 5.92 Å². The average molecular weight is 525 g/mol. The second-order valence-electron chi connectivity index (χ2n) is 9.96. The van der Waals surface area contributed by atoms with E-state index in [0.717, 1.165) is 70.3 Å². The smallest absolute Gasteiger partial charge is 0.228 e. The number of nitrogens with one attached hydrogen (secondary N) is 1. The van der Waals surface area contributed by atoms with Gasteiger partial charge in [0.15, 0.2) is 11.6 Å². The highest BCUT2D eigenvalue weighted by Crippen LogP contribution is 2.24. The van der Waals surface area contributed by atoms with Gasteiger partial charge in [0.2, 0.25) is 5.91 Å². The lowest BCUT2D eigenvalue weighted by molar-refractivity contribution is -0.120. The normalized spacial score (nSPS) is 16.8. The van der Waals surface area contributed by atoms with E-state index in [2.05, 4.69) is 75.6 Å². The molecule has 1 aromatic carbocycles. The van der Waals surface area contributed by atoms with Gasteiger partial charge in [-0.3, -0.25) is 9.69 Å². The first-order valence-corrected chi connectivity index (χ1v) is 13.4. The van der Waals surface area contributed by atoms with E-state index >= 15 is 0 Å². The number of piperidine rings is 1. The van der Waals surface area contributed by atoms with Crippen molar-refractivity contribution in [3.63, 3.8) is 0 Å². The molecule has 200 valence electrons. The molecule has 2 aliphatic rings. The molecule has 0 aliphatic carbocycles. The molecule has 4 aromatic rings. The van der Waals surface area contributed by atoms with Crippen LogP contribution in [0.3, 0.4) is 0 Å². The lowest BCUT2D eigenvalue weighted by Gasteiger charge is -2.35. The van der Waals surface area contributed by atoms with Crippen molar-refractivity contribution >= 4 is 23.4 Å². The molecular formula is C28H32N10O. The van der Waals surface area contributed by atoms with Crippen molar-refractivity contribution in [2.75, 3.05) is 54.4 Å². The maximum absolute atomic E-state index is 13.0. The van der Waals surface area contributed by atoms with Crippen LogP contribution in [0.1, 0.15) is 18.4 Å². The van der Waals surface area contributed by atoms with Gasteiger partial charge in [0.05, 0.1) is 0 Å². The van der Waals surface area contributed by atoms with E-state index < -0.39 is 0 Å². The maximum atomic E-state index is 13.0. The summed E-state index contributed by atoms with van der Waals surface area (Å²) in [4.78, 5) is 28.7. The first kappa shape index (κ1) is 24.9. The second kappa shape index (κ2) is 11.6. The molecule has 2 fully saturated rings. The molecule has 11 nitrogen and oxygen atoms in total. The summed E-state index contributed by atoms with van der Waals surface area (Å²) in [6.45, 7) is 6.17. The van der Waals surface area contributed by atoms with Crippen molar-refractivity contribution in [1.29, 1.82) is 0 Å². The van der Waals surface area contributed by atoms with Gasteiger partial charge >= 0.3 is 0 Å². The third-order valence-electron chi connectivity index (χ3n) is 7.41. The summed E-state index contributed by atoms with van der Waals surface area (Å²) in [7, 11) is 0. The fourth-order valence-corrected chi connectivity index (χ4v) is 5.18. The van der Waals surface area contributed by atoms with Gasteiger partial charge in [-0.1, -0.05) is 30.3 Å². The number of piperazine rings is 1. The molecule has 2 saturated heterocycles. The minimum Gasteiger partial charge on any atom is -0.355 e. The zero-order valence-electron chi connectivity index (χ0n) is 21.8. The van der Waals surface area contributed by atoms with Crippen LogP contribution in [0, 0.1) is 5.92 Å². The Morgan fingerprint density at radius 3 is 2.28 bits per heavy atom. The van der Waals surface area contributed by atoms with Gasteiger partial charge in [-0.05, 0) is 36.6 Å². The molecule has 11 heteroatoms. The fourth-order valence-electron chi connectivity index (χ4n) is 5.18. The predicted molar refractivity (Wildman–Crippen MR) is 149 cm³/mol. The van der Waals surface area contributed by atoms with Gasteiger partial charge in [-0.15, -0.1) is 10.2 Å². The Morgan fingerprint density at radius 1 is 0.821 bits per heavy atom. The third kappa shape index (κ3) is 6.04. The van der Waals surface area contributed by atoms with Crippen LogP contribution in [-0.4, -0.2) is 80.0 Å². The van der Waals surface area contributed by atoms with Gasteiger partial charge in [0.25, 0.3) is 0 Å². The molecule has 5 heterocycles. The molecule has 0 saturated carbocycles. The number of rotatable bonds is 7. The van der Waals surface area contributed by atoms with E-state index in [1.165, 1.54) is 11.9 Å². The minimum absolute atomic E-state index is 0.00657. The van der Waals surface area contributed by atoms with E-state index in [4.69, 9.17) is 0 Å². The van der Waals surface area contributed by atoms with E-state index in [-0.39, 0.29) is 11.8 Å². The van der Waals surface area contributed by atoms with Crippen LogP contribution < -0.4 is 15.1 Å². The summed E-state index contributed by atoms with van der Waals surface area (Å²) in [5.41, 5.74) is 1.33. The number of carbonyl (C=O) groups excluding carboxylic acids is 1. The number of aromatic nitrogens is 6. The number of carbonyl (C=O) groups is 1. The Morgan fingerprint density at radius 2 is 1.56 bits per heavy atom. The number of amides is 1. The van der Waals surface area contributed by atoms with Crippen molar-refractivity contribution in [3.8, 4) is 5.82 Å². The van der Waals surface area contributed by atoms with E-state index in [0.29, 0.717) is 11.6 Å². The van der Waals surface area contributed by atoms with Crippen LogP contribution in [0.4, 0.5) is 17.5 Å². The van der Waals surface area contributed by atoms with E-state index in [1.54, 1.807) is 10.9 Å². The molecule has 0 spiro atoms. The standard InChI is InChI=1S/C28H32N10O/c39-28(23-9-13-36(14-10-23)25-7-8-26(34-33-25)38-12-4-11-31-38)32-24-19-27(30-21-29-24)37-17-15-35(16-18-37)20-22-5-2-1-3-6-22/h1-8,11-12,19,21,23H,9-10,13-18,20H2,(H,29,30,32,39). The van der Waals surface area contributed by atoms with Crippen LogP contribution in [0.15, 0.2) is 73.3 Å². The van der Waals surface area contributed by atoms with Gasteiger partial charge in [-0.2, -0.15) is 5.10 Å². The molecular weight excluding hydrogens is 492 g/mol. The third-order valence-corrected chi connectivity index (χ3v) is 7.41. The van der Waals surface area contributed by atoms with Crippen molar-refractivity contribution in [1.82, 2.24) is 34.8 Å². The zero-order valence-corrected chi connectivity index (χ0v) is 21.8. The zero-order chi connectivity index (χ0) is 26.4. The van der Waals surface area contributed by atoms with Crippen LogP contribution in [0.2, 0.25) is 0 Å². The van der Waals surface area contributed by atoms with Gasteiger partial charge in [0.1, 0.15) is 18.0 Å². The lowest BCUT2D eigenvalue weighted by atomic mass is 9.96. The number of nitrogens with zero attached hydrogens (tertiary/aromatic N) is 9. The van der Waals surface area contributed by atoms with Crippen LogP contribution in [-0.2, 0) is 11.3 Å². The van der Waals surface area contributed by atoms with E-state index in [1.807, 2.05) is 30.5 Å². The molecule has 0 unspecified atom stereocenters. The van der Waals surface area contributed by atoms with Crippen molar-refractivity contribution < 1.29 is 4.79 Å². The molecule has 1 N–H and O–H groups in total. The van der Waals surface area contributed by atoms with E-state index in [9.17, 15) is 4.79 Å². The molecule has 39 heavy (non-hydrogen) atoms. The summed E-state index contributed by atoms with van der Waals surface area (Å²) in [5, 5.41) is 15.9. The topological polar surface area (TPSA) is 108 Å². The predicted octanol–water partition coefficient (Wildman–Crippen LogP) is 2.63. The monoisotopic (exact) mass is 524 g/mol. The SMILES string of the molecule is O=C(Nc1cc(N2CCN(Cc3ccccc3)CC2)ncn1)C1CCN(c2ccc(-n3cccn3)nn2)CC1. The van der Waals surface area contributed by atoms with Gasteiger partial charge < -0.3 is 15.1 Å². The second-order valence-corrected chi connectivity index (χ2v) is 9.96. The van der Waals surface area contributed by atoms with Gasteiger partial charge in [0, 0.05) is 70.2 Å². The highest BCUT2D eigenvalue weighted by Gasteiger charge is 2.26. The molecule has 0 atom stereocenters. The van der Waals surface area contributed by atoms with Crippen LogP contribution in [0.5, 0.6) is 0 Å². The number of hydrogen-bond acceptors (Lipinski definition) is 9. The highest BCUT2D eigenvalue weighted by atomic mass is 16.2. The van der Waals surface area contributed by atoms with Crippen molar-refractivity contribution in [3.05, 3.63) is 78.9 Å². The summed E-state index contributed by atoms with van der Waals surface area (Å²) >= 11 is 0. The number of benzene rings is 1. The molecule has 2 aliphatic heterocycles. The Labute approximate surface area is 227 Å². The van der Waals surface area contributed by atoms with Crippen LogP contribution >= 0.6 is 0 Å². The first-order chi connectivity index (χ1) is 19.2. The van der Waals surface area contributed by atoms with Gasteiger partial charge in [-0.25, -0.2) is 14.6 Å². The lowest BCUT2D eigenvalue weighted by Crippen LogP contribution is -2.46. The van der Waals surface area contributed by atoms with Crippen molar-refractivity contribution in [2.45, 2.75) is 19.4 Å². The fraction of sp³-hybridized carbons (Fsp3) is 0.357. The summed E-state index contributed by atoms with van der Waals surface area (Å²) in [6, 6.07) is 18.2. The van der Waals surface area contributed by atoms with Crippen LogP contribution in [0.25, 0.3) is 5.82 Å². The highest BCUT2D eigenvalue weighted by molar-refractivity contribution is 5.92. The Balaban J connectivity index is 0.987. The summed E-state index contributed by atoms with van der Waals surface area (Å²) in [6.07, 6.45) is 6.57. The Hall–Kier alpha value is -4.38. The number of hydrogen-bond donors (Lipinski definition) is 1. The molecule has 0 bridgehead atoms. The summed E-state index contributed by atoms with van der Waals surface area (Å²) < 4.78 is 1.68. The molecule has 3 aromatic heterocycles. The first-order valence-electron chi connectivity index (χ1n) is 13.4. The maximum Gasteiger partial charge on any atom is 0.228 e. The summed E-state index contributed by atoms with van der Waals surface area (Å²) in [5.74, 6) is 2.83. The molecule has 6 rings (SSSR count). The molecule has 0 radical (unpaired) electrons. The molecule has 1 amide bonds. The largest absolute Gasteiger partial charge is 0.355 e. The Bertz CT molecular complexity index is 1350. The minimum atomic E-state index is -0.0718.